The number of hydrogen-bond donors (Lipinski definition) is 0. The van der Waals surface area contributed by atoms with E-state index in [0.717, 1.165) is 19.3 Å². The summed E-state index contributed by atoms with van der Waals surface area (Å²) in [5.74, 6) is 0.756. The van der Waals surface area contributed by atoms with Gasteiger partial charge in [-0.2, -0.15) is 5.26 Å². The van der Waals surface area contributed by atoms with Crippen molar-refractivity contribution in [1.29, 1.82) is 5.26 Å². The van der Waals surface area contributed by atoms with E-state index in [9.17, 15) is 13.7 Å². The molecule has 0 radical (unpaired) electrons. The fourth-order valence-corrected chi connectivity index (χ4v) is 4.36. The predicted octanol–water partition coefficient (Wildman–Crippen LogP) is 2.14. The molecule has 1 aliphatic heterocycles. The molecule has 15 heavy (non-hydrogen) atoms. The average molecular weight is 229 g/mol. The molecule has 1 unspecified atom stereocenters. The number of hydrogen-bond acceptors (Lipinski definition) is 3. The molecule has 1 rings (SSSR count). The van der Waals surface area contributed by atoms with E-state index in [2.05, 4.69) is 19.9 Å². The highest BCUT2D eigenvalue weighted by Gasteiger charge is 2.43. The highest BCUT2D eigenvalue weighted by molar-refractivity contribution is 7.91. The summed E-state index contributed by atoms with van der Waals surface area (Å²) < 4.78 is 22.8. The van der Waals surface area contributed by atoms with Crippen LogP contribution in [-0.2, 0) is 9.84 Å². The molecule has 86 valence electrons. The molecule has 0 N–H and O–H groups in total. The minimum atomic E-state index is -2.95. The Morgan fingerprint density at radius 2 is 2.00 bits per heavy atom. The zero-order chi connectivity index (χ0) is 11.5. The number of nitriles is 1. The van der Waals surface area contributed by atoms with Gasteiger partial charge in [0.05, 0.1) is 23.0 Å². The largest absolute Gasteiger partial charge is 0.229 e. The van der Waals surface area contributed by atoms with E-state index >= 15 is 0 Å². The smallest absolute Gasteiger partial charge is 0.151 e. The van der Waals surface area contributed by atoms with Crippen LogP contribution < -0.4 is 0 Å². The molecule has 0 saturated carbocycles. The van der Waals surface area contributed by atoms with Gasteiger partial charge in [-0.25, -0.2) is 8.42 Å². The lowest BCUT2D eigenvalue weighted by molar-refractivity contribution is 0.308. The Balaban J connectivity index is 2.77. The molecule has 0 aliphatic carbocycles. The second-order valence-corrected chi connectivity index (χ2v) is 6.80. The second-order valence-electron chi connectivity index (χ2n) is 4.62. The van der Waals surface area contributed by atoms with Gasteiger partial charge in [-0.05, 0) is 18.8 Å². The van der Waals surface area contributed by atoms with Gasteiger partial charge in [-0.15, -0.1) is 0 Å². The molecule has 4 heteroatoms. The van der Waals surface area contributed by atoms with Crippen LogP contribution in [0.5, 0.6) is 0 Å². The Bertz CT molecular complexity index is 351. The Morgan fingerprint density at radius 3 is 2.33 bits per heavy atom. The summed E-state index contributed by atoms with van der Waals surface area (Å²) in [7, 11) is -2.95. The van der Waals surface area contributed by atoms with Crippen LogP contribution in [0.2, 0.25) is 0 Å². The van der Waals surface area contributed by atoms with Crippen molar-refractivity contribution in [1.82, 2.24) is 0 Å². The van der Waals surface area contributed by atoms with E-state index in [-0.39, 0.29) is 11.5 Å². The maximum atomic E-state index is 11.4. The molecule has 0 aromatic heterocycles. The fourth-order valence-electron chi connectivity index (χ4n) is 2.34. The molecule has 1 saturated heterocycles. The first kappa shape index (κ1) is 12.5. The zero-order valence-electron chi connectivity index (χ0n) is 9.49. The van der Waals surface area contributed by atoms with Crippen LogP contribution in [0, 0.1) is 22.7 Å². The lowest BCUT2D eigenvalue weighted by Crippen LogP contribution is -2.23. The van der Waals surface area contributed by atoms with Crippen molar-refractivity contribution in [3.8, 4) is 6.07 Å². The normalized spacial score (nSPS) is 29.2. The summed E-state index contributed by atoms with van der Waals surface area (Å²) in [6.45, 7) is 4.20. The molecule has 0 aromatic rings. The monoisotopic (exact) mass is 229 g/mol. The summed E-state index contributed by atoms with van der Waals surface area (Å²) in [6.07, 6.45) is 3.33. The van der Waals surface area contributed by atoms with E-state index in [0.29, 0.717) is 12.3 Å². The number of nitrogens with zero attached hydrogens (tertiary/aromatic N) is 1. The van der Waals surface area contributed by atoms with Gasteiger partial charge in [0.15, 0.2) is 9.84 Å². The third-order valence-electron chi connectivity index (χ3n) is 3.46. The van der Waals surface area contributed by atoms with Crippen molar-refractivity contribution in [2.75, 3.05) is 11.5 Å². The van der Waals surface area contributed by atoms with Crippen molar-refractivity contribution >= 4 is 9.84 Å². The highest BCUT2D eigenvalue weighted by atomic mass is 32.2. The molecule has 0 spiro atoms. The van der Waals surface area contributed by atoms with Crippen molar-refractivity contribution in [3.05, 3.63) is 0 Å². The van der Waals surface area contributed by atoms with Crippen LogP contribution in [0.3, 0.4) is 0 Å². The standard InChI is InChI=1S/C11H19NO2S/c1-3-10(4-2)7-11(8-12)5-6-15(13,14)9-11/h10H,3-7,9H2,1-2H3. The molecular weight excluding hydrogens is 210 g/mol. The molecular formula is C11H19NO2S. The predicted molar refractivity (Wildman–Crippen MR) is 60.0 cm³/mol. The van der Waals surface area contributed by atoms with Gasteiger partial charge >= 0.3 is 0 Å². The third-order valence-corrected chi connectivity index (χ3v) is 5.28. The van der Waals surface area contributed by atoms with Gasteiger partial charge in [-0.3, -0.25) is 0 Å². The first-order valence-electron chi connectivity index (χ1n) is 5.58. The van der Waals surface area contributed by atoms with Crippen molar-refractivity contribution in [2.45, 2.75) is 39.5 Å². The van der Waals surface area contributed by atoms with Crippen molar-refractivity contribution in [3.63, 3.8) is 0 Å². The van der Waals surface area contributed by atoms with E-state index in [4.69, 9.17) is 0 Å². The van der Waals surface area contributed by atoms with Crippen LogP contribution in [0.1, 0.15) is 39.5 Å². The maximum Gasteiger partial charge on any atom is 0.151 e. The Labute approximate surface area is 92.4 Å². The topological polar surface area (TPSA) is 57.9 Å². The summed E-state index contributed by atoms with van der Waals surface area (Å²) >= 11 is 0. The summed E-state index contributed by atoms with van der Waals surface area (Å²) in [6, 6.07) is 2.25. The van der Waals surface area contributed by atoms with Crippen LogP contribution in [0.15, 0.2) is 0 Å². The SMILES string of the molecule is CCC(CC)CC1(C#N)CCS(=O)(=O)C1. The number of rotatable bonds is 4. The number of sulfone groups is 1. The van der Waals surface area contributed by atoms with E-state index < -0.39 is 15.3 Å². The quantitative estimate of drug-likeness (QED) is 0.742. The van der Waals surface area contributed by atoms with Crippen LogP contribution in [0.25, 0.3) is 0 Å². The van der Waals surface area contributed by atoms with Gasteiger partial charge in [-0.1, -0.05) is 26.7 Å². The molecule has 1 aliphatic rings. The van der Waals surface area contributed by atoms with Crippen LogP contribution >= 0.6 is 0 Å². The molecule has 1 atom stereocenters. The fraction of sp³-hybridized carbons (Fsp3) is 0.909. The van der Waals surface area contributed by atoms with Gasteiger partial charge in [0.25, 0.3) is 0 Å². The Morgan fingerprint density at radius 1 is 1.40 bits per heavy atom. The maximum absolute atomic E-state index is 11.4. The first-order valence-corrected chi connectivity index (χ1v) is 7.41. The van der Waals surface area contributed by atoms with Crippen molar-refractivity contribution < 1.29 is 8.42 Å². The Hall–Kier alpha value is -0.560. The lowest BCUT2D eigenvalue weighted by atomic mass is 9.78. The van der Waals surface area contributed by atoms with Gasteiger partial charge in [0.2, 0.25) is 0 Å². The summed E-state index contributed by atoms with van der Waals surface area (Å²) in [5.41, 5.74) is -0.588. The minimum absolute atomic E-state index is 0.0764. The second kappa shape index (κ2) is 4.52. The first-order chi connectivity index (χ1) is 6.97. The molecule has 0 amide bonds. The van der Waals surface area contributed by atoms with Crippen LogP contribution in [0.4, 0.5) is 0 Å². The third kappa shape index (κ3) is 2.94. The minimum Gasteiger partial charge on any atom is -0.229 e. The molecule has 1 heterocycles. The van der Waals surface area contributed by atoms with Gasteiger partial charge in [0, 0.05) is 0 Å². The summed E-state index contributed by atoms with van der Waals surface area (Å²) in [5, 5.41) is 9.17. The van der Waals surface area contributed by atoms with E-state index in [1.807, 2.05) is 0 Å². The van der Waals surface area contributed by atoms with Crippen LogP contribution in [-0.4, -0.2) is 19.9 Å². The zero-order valence-corrected chi connectivity index (χ0v) is 10.3. The molecule has 0 aromatic carbocycles. The van der Waals surface area contributed by atoms with E-state index in [1.54, 1.807) is 0 Å². The average Bonchev–Trinajstić information content (AvgIpc) is 2.52. The molecule has 1 fully saturated rings. The molecule has 0 bridgehead atoms. The van der Waals surface area contributed by atoms with Gasteiger partial charge in [0.1, 0.15) is 0 Å². The van der Waals surface area contributed by atoms with Gasteiger partial charge < -0.3 is 0 Å². The lowest BCUT2D eigenvalue weighted by Gasteiger charge is -2.23. The van der Waals surface area contributed by atoms with Crippen molar-refractivity contribution in [2.24, 2.45) is 11.3 Å². The highest BCUT2D eigenvalue weighted by Crippen LogP contribution is 2.39. The van der Waals surface area contributed by atoms with E-state index in [1.165, 1.54) is 0 Å². The summed E-state index contributed by atoms with van der Waals surface area (Å²) in [4.78, 5) is 0. The molecule has 3 nitrogen and oxygen atoms in total. The Kier molecular flexibility index (Phi) is 3.77.